The summed E-state index contributed by atoms with van der Waals surface area (Å²) in [7, 11) is 3.56. The summed E-state index contributed by atoms with van der Waals surface area (Å²) in [5.74, 6) is 1.62. The van der Waals surface area contributed by atoms with E-state index < -0.39 is 0 Å². The van der Waals surface area contributed by atoms with Crippen LogP contribution in [0.5, 0.6) is 0 Å². The first-order valence-corrected chi connectivity index (χ1v) is 7.28. The molecule has 0 radical (unpaired) electrons. The summed E-state index contributed by atoms with van der Waals surface area (Å²) in [6.45, 7) is 12.8. The van der Waals surface area contributed by atoms with Crippen molar-refractivity contribution in [1.82, 2.24) is 10.6 Å². The van der Waals surface area contributed by atoms with E-state index in [9.17, 15) is 0 Å². The molecule has 0 heterocycles. The normalized spacial score (nSPS) is 14.6. The molecule has 0 aromatic heterocycles. The number of rotatable bonds is 7. The molecule has 1 atom stereocenters. The van der Waals surface area contributed by atoms with Crippen LogP contribution < -0.4 is 10.6 Å². The SMILES string of the molecule is CN=C(NCCCC(C)C)NCC(OC)C(C)(C)C. The van der Waals surface area contributed by atoms with Crippen molar-refractivity contribution in [1.29, 1.82) is 0 Å². The summed E-state index contributed by atoms with van der Waals surface area (Å²) in [5.41, 5.74) is 0.123. The van der Waals surface area contributed by atoms with Crippen LogP contribution in [0.1, 0.15) is 47.5 Å². The highest BCUT2D eigenvalue weighted by atomic mass is 16.5. The van der Waals surface area contributed by atoms with Crippen LogP contribution in [0, 0.1) is 11.3 Å². The van der Waals surface area contributed by atoms with Gasteiger partial charge < -0.3 is 15.4 Å². The number of aliphatic imine (C=N–C) groups is 1. The molecule has 0 fully saturated rings. The van der Waals surface area contributed by atoms with Gasteiger partial charge in [0.15, 0.2) is 5.96 Å². The number of guanidine groups is 1. The van der Waals surface area contributed by atoms with Crippen molar-refractivity contribution in [2.24, 2.45) is 16.3 Å². The van der Waals surface area contributed by atoms with Gasteiger partial charge in [-0.05, 0) is 24.2 Å². The zero-order valence-electron chi connectivity index (χ0n) is 13.8. The van der Waals surface area contributed by atoms with Gasteiger partial charge >= 0.3 is 0 Å². The smallest absolute Gasteiger partial charge is 0.191 e. The van der Waals surface area contributed by atoms with Gasteiger partial charge in [-0.15, -0.1) is 0 Å². The standard InChI is InChI=1S/C15H33N3O/c1-12(2)9-8-10-17-14(16-6)18-11-13(19-7)15(3,4)5/h12-13H,8-11H2,1-7H3,(H2,16,17,18). The lowest BCUT2D eigenvalue weighted by Gasteiger charge is -2.30. The van der Waals surface area contributed by atoms with Gasteiger partial charge in [-0.3, -0.25) is 4.99 Å². The Bertz CT molecular complexity index is 257. The molecule has 0 aromatic carbocycles. The van der Waals surface area contributed by atoms with Gasteiger partial charge in [0.1, 0.15) is 0 Å². The first-order chi connectivity index (χ1) is 8.81. The molecule has 0 saturated carbocycles. The van der Waals surface area contributed by atoms with Crippen LogP contribution in [0.15, 0.2) is 4.99 Å². The van der Waals surface area contributed by atoms with E-state index in [0.29, 0.717) is 0 Å². The number of nitrogens with one attached hydrogen (secondary N) is 2. The lowest BCUT2D eigenvalue weighted by molar-refractivity contribution is 0.0205. The summed E-state index contributed by atoms with van der Waals surface area (Å²) in [4.78, 5) is 4.23. The Kier molecular flexibility index (Phi) is 8.81. The molecule has 0 spiro atoms. The Hall–Kier alpha value is -0.770. The first-order valence-electron chi connectivity index (χ1n) is 7.28. The highest BCUT2D eigenvalue weighted by Gasteiger charge is 2.24. The minimum atomic E-state index is 0.123. The summed E-state index contributed by atoms with van der Waals surface area (Å²) in [5, 5.41) is 6.67. The molecule has 0 bridgehead atoms. The fraction of sp³-hybridized carbons (Fsp3) is 0.933. The molecule has 0 amide bonds. The number of nitrogens with zero attached hydrogens (tertiary/aromatic N) is 1. The number of methoxy groups -OCH3 is 1. The van der Waals surface area contributed by atoms with Gasteiger partial charge in [-0.2, -0.15) is 0 Å². The average molecular weight is 271 g/mol. The number of hydrogen-bond donors (Lipinski definition) is 2. The second-order valence-corrected chi connectivity index (χ2v) is 6.51. The lowest BCUT2D eigenvalue weighted by atomic mass is 9.89. The van der Waals surface area contributed by atoms with Crippen LogP contribution >= 0.6 is 0 Å². The van der Waals surface area contributed by atoms with Crippen molar-refractivity contribution >= 4 is 5.96 Å². The topological polar surface area (TPSA) is 45.7 Å². The van der Waals surface area contributed by atoms with Crippen molar-refractivity contribution in [3.05, 3.63) is 0 Å². The molecule has 4 heteroatoms. The molecule has 2 N–H and O–H groups in total. The molecule has 4 nitrogen and oxygen atoms in total. The third-order valence-corrected chi connectivity index (χ3v) is 3.18. The monoisotopic (exact) mass is 271 g/mol. The molecule has 0 saturated heterocycles. The zero-order valence-corrected chi connectivity index (χ0v) is 13.8. The Balaban J connectivity index is 4.00. The minimum absolute atomic E-state index is 0.123. The molecular weight excluding hydrogens is 238 g/mol. The van der Waals surface area contributed by atoms with E-state index in [-0.39, 0.29) is 11.5 Å². The highest BCUT2D eigenvalue weighted by molar-refractivity contribution is 5.79. The largest absolute Gasteiger partial charge is 0.379 e. The first kappa shape index (κ1) is 18.2. The lowest BCUT2D eigenvalue weighted by Crippen LogP contribution is -2.45. The van der Waals surface area contributed by atoms with Gasteiger partial charge in [0.2, 0.25) is 0 Å². The van der Waals surface area contributed by atoms with Crippen molar-refractivity contribution in [3.8, 4) is 0 Å². The summed E-state index contributed by atoms with van der Waals surface area (Å²) in [6, 6.07) is 0. The Morgan fingerprint density at radius 2 is 1.84 bits per heavy atom. The van der Waals surface area contributed by atoms with E-state index in [1.807, 2.05) is 0 Å². The average Bonchev–Trinajstić information content (AvgIpc) is 2.30. The van der Waals surface area contributed by atoms with E-state index >= 15 is 0 Å². The zero-order chi connectivity index (χ0) is 14.9. The highest BCUT2D eigenvalue weighted by Crippen LogP contribution is 2.20. The van der Waals surface area contributed by atoms with Crippen LogP contribution in [-0.2, 0) is 4.74 Å². The maximum atomic E-state index is 5.52. The molecule has 0 rings (SSSR count). The van der Waals surface area contributed by atoms with Gasteiger partial charge in [0.25, 0.3) is 0 Å². The predicted molar refractivity (Wildman–Crippen MR) is 83.7 cm³/mol. The molecule has 0 aliphatic rings. The van der Waals surface area contributed by atoms with Gasteiger partial charge in [0, 0.05) is 27.2 Å². The minimum Gasteiger partial charge on any atom is -0.379 e. The number of ether oxygens (including phenoxy) is 1. The molecule has 0 aliphatic carbocycles. The Morgan fingerprint density at radius 1 is 1.21 bits per heavy atom. The van der Waals surface area contributed by atoms with Gasteiger partial charge in [0.05, 0.1) is 6.10 Å². The molecule has 114 valence electrons. The van der Waals surface area contributed by atoms with Crippen molar-refractivity contribution in [2.45, 2.75) is 53.6 Å². The molecule has 0 aliphatic heterocycles. The molecule has 1 unspecified atom stereocenters. The fourth-order valence-corrected chi connectivity index (χ4v) is 1.87. The fourth-order valence-electron chi connectivity index (χ4n) is 1.87. The third-order valence-electron chi connectivity index (χ3n) is 3.18. The number of hydrogen-bond acceptors (Lipinski definition) is 2. The Morgan fingerprint density at radius 3 is 2.26 bits per heavy atom. The van der Waals surface area contributed by atoms with E-state index in [2.05, 4.69) is 50.2 Å². The van der Waals surface area contributed by atoms with E-state index in [4.69, 9.17) is 4.74 Å². The summed E-state index contributed by atoms with van der Waals surface area (Å²) >= 11 is 0. The van der Waals surface area contributed by atoms with E-state index in [0.717, 1.165) is 25.0 Å². The van der Waals surface area contributed by atoms with E-state index in [1.54, 1.807) is 14.2 Å². The second kappa shape index (κ2) is 9.18. The quantitative estimate of drug-likeness (QED) is 0.425. The van der Waals surface area contributed by atoms with Crippen LogP contribution in [0.3, 0.4) is 0 Å². The summed E-state index contributed by atoms with van der Waals surface area (Å²) < 4.78 is 5.52. The van der Waals surface area contributed by atoms with Crippen LogP contribution in [-0.4, -0.2) is 39.3 Å². The van der Waals surface area contributed by atoms with Crippen molar-refractivity contribution in [3.63, 3.8) is 0 Å². The third kappa shape index (κ3) is 8.87. The Labute approximate surface area is 119 Å². The molecule has 0 aromatic rings. The van der Waals surface area contributed by atoms with Gasteiger partial charge in [-0.25, -0.2) is 0 Å². The second-order valence-electron chi connectivity index (χ2n) is 6.51. The van der Waals surface area contributed by atoms with E-state index in [1.165, 1.54) is 12.8 Å². The molecular formula is C15H33N3O. The molecule has 19 heavy (non-hydrogen) atoms. The van der Waals surface area contributed by atoms with Crippen molar-refractivity contribution in [2.75, 3.05) is 27.2 Å². The maximum absolute atomic E-state index is 5.52. The van der Waals surface area contributed by atoms with Crippen LogP contribution in [0.4, 0.5) is 0 Å². The predicted octanol–water partition coefficient (Wildman–Crippen LogP) is 2.65. The summed E-state index contributed by atoms with van der Waals surface area (Å²) in [6.07, 6.45) is 2.58. The van der Waals surface area contributed by atoms with Gasteiger partial charge in [-0.1, -0.05) is 34.6 Å². The maximum Gasteiger partial charge on any atom is 0.191 e. The van der Waals surface area contributed by atoms with Crippen molar-refractivity contribution < 1.29 is 4.74 Å². The van der Waals surface area contributed by atoms with Crippen LogP contribution in [0.2, 0.25) is 0 Å². The van der Waals surface area contributed by atoms with Crippen LogP contribution in [0.25, 0.3) is 0 Å².